The first-order valence-electron chi connectivity index (χ1n) is 10.9. The van der Waals surface area contributed by atoms with Gasteiger partial charge in [0, 0.05) is 24.3 Å². The van der Waals surface area contributed by atoms with Gasteiger partial charge in [0.2, 0.25) is 5.95 Å². The topological polar surface area (TPSA) is 113 Å². The van der Waals surface area contributed by atoms with Crippen LogP contribution in [0.5, 0.6) is 0 Å². The Morgan fingerprint density at radius 2 is 1.87 bits per heavy atom. The monoisotopic (exact) mass is 413 g/mol. The van der Waals surface area contributed by atoms with E-state index in [0.717, 1.165) is 73.5 Å². The first-order valence-corrected chi connectivity index (χ1v) is 10.9. The number of rotatable bonds is 14. The van der Waals surface area contributed by atoms with Crippen LogP contribution in [0.2, 0.25) is 0 Å². The van der Waals surface area contributed by atoms with Crippen molar-refractivity contribution < 1.29 is 9.90 Å². The summed E-state index contributed by atoms with van der Waals surface area (Å²) in [4.78, 5) is 19.6. The summed E-state index contributed by atoms with van der Waals surface area (Å²) in [5.41, 5.74) is 9.88. The maximum absolute atomic E-state index is 10.8. The van der Waals surface area contributed by atoms with Crippen molar-refractivity contribution in [2.45, 2.75) is 65.3 Å². The van der Waals surface area contributed by atoms with Crippen molar-refractivity contribution in [1.82, 2.24) is 15.3 Å². The van der Waals surface area contributed by atoms with Gasteiger partial charge in [0.25, 0.3) is 0 Å². The number of hydrogen-bond acceptors (Lipinski definition) is 6. The van der Waals surface area contributed by atoms with E-state index in [-0.39, 0.29) is 6.42 Å². The van der Waals surface area contributed by atoms with Crippen LogP contribution >= 0.6 is 0 Å². The van der Waals surface area contributed by atoms with Gasteiger partial charge in [-0.25, -0.2) is 4.98 Å². The van der Waals surface area contributed by atoms with E-state index >= 15 is 0 Å². The van der Waals surface area contributed by atoms with Crippen molar-refractivity contribution in [2.24, 2.45) is 0 Å². The number of nitrogens with one attached hydrogen (secondary N) is 2. The minimum Gasteiger partial charge on any atom is -0.481 e. The van der Waals surface area contributed by atoms with Crippen LogP contribution in [0.3, 0.4) is 0 Å². The Morgan fingerprint density at radius 1 is 1.10 bits per heavy atom. The smallest absolute Gasteiger partial charge is 0.307 e. The number of anilines is 2. The highest BCUT2D eigenvalue weighted by atomic mass is 16.4. The maximum atomic E-state index is 10.8. The molecule has 0 aliphatic carbocycles. The SMILES string of the molecule is CCCCCNc1nc(N)nc(C)c1CCCCNCc1cccc(CC(=O)O)c1. The fraction of sp³-hybridized carbons (Fsp3) is 0.522. The highest BCUT2D eigenvalue weighted by molar-refractivity contribution is 5.70. The molecular weight excluding hydrogens is 378 g/mol. The molecule has 0 aliphatic heterocycles. The molecule has 0 bridgehead atoms. The molecule has 2 aromatic rings. The van der Waals surface area contributed by atoms with Crippen LogP contribution in [0.15, 0.2) is 24.3 Å². The van der Waals surface area contributed by atoms with Gasteiger partial charge < -0.3 is 21.5 Å². The summed E-state index contributed by atoms with van der Waals surface area (Å²) in [6.07, 6.45) is 6.56. The van der Waals surface area contributed by atoms with Crippen molar-refractivity contribution in [3.8, 4) is 0 Å². The minimum atomic E-state index is -0.804. The molecule has 0 aliphatic rings. The lowest BCUT2D eigenvalue weighted by atomic mass is 10.1. The molecule has 0 saturated carbocycles. The molecule has 1 aromatic heterocycles. The quantitative estimate of drug-likeness (QED) is 0.349. The molecule has 7 heteroatoms. The molecule has 5 N–H and O–H groups in total. The number of hydrogen-bond donors (Lipinski definition) is 4. The summed E-state index contributed by atoms with van der Waals surface area (Å²) in [5, 5.41) is 15.8. The third kappa shape index (κ3) is 8.37. The average molecular weight is 414 g/mol. The number of benzene rings is 1. The van der Waals surface area contributed by atoms with E-state index in [1.165, 1.54) is 12.8 Å². The minimum absolute atomic E-state index is 0.0612. The number of nitrogens with two attached hydrogens (primary N) is 1. The molecule has 0 spiro atoms. The summed E-state index contributed by atoms with van der Waals surface area (Å²) in [6.45, 7) is 6.73. The van der Waals surface area contributed by atoms with Gasteiger partial charge in [-0.3, -0.25) is 4.79 Å². The van der Waals surface area contributed by atoms with Crippen LogP contribution < -0.4 is 16.4 Å². The first kappa shape index (κ1) is 23.6. The Hall–Kier alpha value is -2.67. The molecule has 0 amide bonds. The summed E-state index contributed by atoms with van der Waals surface area (Å²) >= 11 is 0. The summed E-state index contributed by atoms with van der Waals surface area (Å²) in [6, 6.07) is 7.73. The van der Waals surface area contributed by atoms with Gasteiger partial charge in [-0.15, -0.1) is 0 Å². The third-order valence-electron chi connectivity index (χ3n) is 5.01. The normalized spacial score (nSPS) is 10.9. The van der Waals surface area contributed by atoms with Crippen LogP contribution in [0.4, 0.5) is 11.8 Å². The van der Waals surface area contributed by atoms with Crippen LogP contribution in [-0.4, -0.2) is 34.1 Å². The molecule has 164 valence electrons. The molecule has 1 heterocycles. The first-order chi connectivity index (χ1) is 14.5. The maximum Gasteiger partial charge on any atom is 0.307 e. The van der Waals surface area contributed by atoms with E-state index in [2.05, 4.69) is 27.5 Å². The predicted molar refractivity (Wildman–Crippen MR) is 122 cm³/mol. The van der Waals surface area contributed by atoms with Gasteiger partial charge in [0.1, 0.15) is 5.82 Å². The fourth-order valence-electron chi connectivity index (χ4n) is 3.45. The van der Waals surface area contributed by atoms with Crippen LogP contribution in [0.25, 0.3) is 0 Å². The fourth-order valence-corrected chi connectivity index (χ4v) is 3.45. The number of carboxylic acid groups (broad SMARTS) is 1. The Bertz CT molecular complexity index is 810. The third-order valence-corrected chi connectivity index (χ3v) is 5.01. The zero-order valence-electron chi connectivity index (χ0n) is 18.2. The number of nitrogens with zero attached hydrogens (tertiary/aromatic N) is 2. The zero-order chi connectivity index (χ0) is 21.8. The molecule has 0 saturated heterocycles. The van der Waals surface area contributed by atoms with E-state index in [1.54, 1.807) is 0 Å². The standard InChI is InChI=1S/C23H35N5O2/c1-3-4-6-13-26-22-20(17(2)27-23(24)28-22)11-5-7-12-25-16-19-10-8-9-18(14-19)15-21(29)30/h8-10,14,25H,3-7,11-13,15-16H2,1-2H3,(H,29,30)(H3,24,26,27,28). The molecule has 0 unspecified atom stereocenters. The van der Waals surface area contributed by atoms with E-state index in [9.17, 15) is 4.79 Å². The van der Waals surface area contributed by atoms with Crippen LogP contribution in [0, 0.1) is 6.92 Å². The number of aromatic nitrogens is 2. The van der Waals surface area contributed by atoms with Crippen molar-refractivity contribution in [1.29, 1.82) is 0 Å². The average Bonchev–Trinajstić information content (AvgIpc) is 2.69. The Kier molecular flexibility index (Phi) is 10.1. The van der Waals surface area contributed by atoms with E-state index < -0.39 is 5.97 Å². The van der Waals surface area contributed by atoms with E-state index in [4.69, 9.17) is 10.8 Å². The van der Waals surface area contributed by atoms with Crippen molar-refractivity contribution >= 4 is 17.7 Å². The molecule has 0 atom stereocenters. The number of aliphatic carboxylic acids is 1. The van der Waals surface area contributed by atoms with Gasteiger partial charge in [0.15, 0.2) is 0 Å². The van der Waals surface area contributed by atoms with Crippen molar-refractivity contribution in [3.63, 3.8) is 0 Å². The van der Waals surface area contributed by atoms with Gasteiger partial charge in [-0.1, -0.05) is 44.0 Å². The highest BCUT2D eigenvalue weighted by Gasteiger charge is 2.10. The second-order valence-electron chi connectivity index (χ2n) is 7.65. The second-order valence-corrected chi connectivity index (χ2v) is 7.65. The Labute approximate surface area is 179 Å². The van der Waals surface area contributed by atoms with Crippen molar-refractivity contribution in [3.05, 3.63) is 46.6 Å². The summed E-state index contributed by atoms with van der Waals surface area (Å²) in [5.74, 6) is 0.390. The molecular formula is C23H35N5O2. The summed E-state index contributed by atoms with van der Waals surface area (Å²) in [7, 11) is 0. The van der Waals surface area contributed by atoms with Crippen LogP contribution in [-0.2, 0) is 24.2 Å². The number of carbonyl (C=O) groups is 1. The van der Waals surface area contributed by atoms with Gasteiger partial charge in [-0.05, 0) is 50.3 Å². The molecule has 0 radical (unpaired) electrons. The summed E-state index contributed by atoms with van der Waals surface area (Å²) < 4.78 is 0. The molecule has 2 rings (SSSR count). The predicted octanol–water partition coefficient (Wildman–Crippen LogP) is 3.71. The molecule has 1 aromatic carbocycles. The lowest BCUT2D eigenvalue weighted by molar-refractivity contribution is -0.136. The number of carboxylic acids is 1. The zero-order valence-corrected chi connectivity index (χ0v) is 18.2. The highest BCUT2D eigenvalue weighted by Crippen LogP contribution is 2.20. The lowest BCUT2D eigenvalue weighted by Crippen LogP contribution is -2.15. The number of nitrogen functional groups attached to an aromatic ring is 1. The van der Waals surface area contributed by atoms with Crippen molar-refractivity contribution in [2.75, 3.05) is 24.1 Å². The Morgan fingerprint density at radius 3 is 2.63 bits per heavy atom. The largest absolute Gasteiger partial charge is 0.481 e. The van der Waals surface area contributed by atoms with Gasteiger partial charge in [-0.2, -0.15) is 4.98 Å². The molecule has 0 fully saturated rings. The lowest BCUT2D eigenvalue weighted by Gasteiger charge is -2.14. The number of aryl methyl sites for hydroxylation is 1. The molecule has 7 nitrogen and oxygen atoms in total. The van der Waals surface area contributed by atoms with E-state index in [0.29, 0.717) is 5.95 Å². The van der Waals surface area contributed by atoms with E-state index in [1.807, 2.05) is 31.2 Å². The van der Waals surface area contributed by atoms with Gasteiger partial charge >= 0.3 is 5.97 Å². The number of unbranched alkanes of at least 4 members (excludes halogenated alkanes) is 3. The Balaban J connectivity index is 1.76. The van der Waals surface area contributed by atoms with Gasteiger partial charge in [0.05, 0.1) is 6.42 Å². The molecule has 30 heavy (non-hydrogen) atoms. The van der Waals surface area contributed by atoms with Crippen LogP contribution in [0.1, 0.15) is 61.4 Å². The second kappa shape index (κ2) is 12.8.